The maximum Gasteiger partial charge on any atom is 0.255 e. The van der Waals surface area contributed by atoms with Crippen LogP contribution < -0.4 is 10.1 Å². The number of fused-ring (bicyclic) bond motifs is 1. The number of ether oxygens (including phenoxy) is 1. The zero-order valence-electron chi connectivity index (χ0n) is 16.1. The molecule has 3 aromatic carbocycles. The van der Waals surface area contributed by atoms with Crippen LogP contribution in [0.1, 0.15) is 27.5 Å². The average molecular weight is 408 g/mol. The van der Waals surface area contributed by atoms with Crippen molar-refractivity contribution >= 4 is 17.5 Å². The highest BCUT2D eigenvalue weighted by Gasteiger charge is 2.34. The molecule has 0 radical (unpaired) electrons. The van der Waals surface area contributed by atoms with Crippen LogP contribution in [-0.4, -0.2) is 30.4 Å². The zero-order chi connectivity index (χ0) is 21.3. The first kappa shape index (κ1) is 19.6. The lowest BCUT2D eigenvalue weighted by Gasteiger charge is -2.30. The van der Waals surface area contributed by atoms with Crippen LogP contribution in [0.3, 0.4) is 0 Å². The quantitative estimate of drug-likeness (QED) is 0.708. The normalized spacial score (nSPS) is 15.8. The van der Waals surface area contributed by atoms with E-state index < -0.39 is 29.5 Å². The summed E-state index contributed by atoms with van der Waals surface area (Å²) in [7, 11) is 1.49. The Morgan fingerprint density at radius 1 is 1.03 bits per heavy atom. The summed E-state index contributed by atoms with van der Waals surface area (Å²) in [6.45, 7) is -0.256. The fourth-order valence-electron chi connectivity index (χ4n) is 3.59. The minimum Gasteiger partial charge on any atom is -0.497 e. The van der Waals surface area contributed by atoms with Gasteiger partial charge in [-0.2, -0.15) is 0 Å². The molecule has 0 aliphatic carbocycles. The molecule has 0 unspecified atom stereocenters. The summed E-state index contributed by atoms with van der Waals surface area (Å²) in [5, 5.41) is 2.72. The molecule has 1 heterocycles. The second-order valence-corrected chi connectivity index (χ2v) is 6.90. The molecule has 152 valence electrons. The van der Waals surface area contributed by atoms with E-state index >= 15 is 0 Å². The molecule has 1 aliphatic heterocycles. The monoisotopic (exact) mass is 408 g/mol. The van der Waals surface area contributed by atoms with Gasteiger partial charge in [0.15, 0.2) is 0 Å². The van der Waals surface area contributed by atoms with Crippen molar-refractivity contribution in [3.8, 4) is 5.75 Å². The number of rotatable bonds is 3. The first-order valence-corrected chi connectivity index (χ1v) is 9.26. The Balaban J connectivity index is 1.88. The molecule has 0 saturated carbocycles. The summed E-state index contributed by atoms with van der Waals surface area (Å²) in [5.74, 6) is -1.30. The van der Waals surface area contributed by atoms with Gasteiger partial charge in [0.1, 0.15) is 23.9 Å². The van der Waals surface area contributed by atoms with Gasteiger partial charge >= 0.3 is 0 Å². The minimum absolute atomic E-state index is 0.256. The average Bonchev–Trinajstić information content (AvgIpc) is 2.89. The topological polar surface area (TPSA) is 58.6 Å². The first-order valence-electron chi connectivity index (χ1n) is 9.26. The second-order valence-electron chi connectivity index (χ2n) is 6.90. The number of nitrogens with one attached hydrogen (secondary N) is 1. The van der Waals surface area contributed by atoms with E-state index in [0.717, 1.165) is 0 Å². The Morgan fingerprint density at radius 3 is 2.50 bits per heavy atom. The second kappa shape index (κ2) is 7.94. The van der Waals surface area contributed by atoms with Gasteiger partial charge in [0, 0.05) is 16.8 Å². The molecule has 1 atom stereocenters. The summed E-state index contributed by atoms with van der Waals surface area (Å²) in [4.78, 5) is 27.3. The lowest BCUT2D eigenvalue weighted by Crippen LogP contribution is -2.39. The van der Waals surface area contributed by atoms with Crippen molar-refractivity contribution in [3.05, 3.63) is 95.1 Å². The van der Waals surface area contributed by atoms with Gasteiger partial charge in [0.25, 0.3) is 5.91 Å². The van der Waals surface area contributed by atoms with E-state index in [-0.39, 0.29) is 6.54 Å². The third-order valence-electron chi connectivity index (χ3n) is 4.97. The van der Waals surface area contributed by atoms with Gasteiger partial charge in [-0.1, -0.05) is 18.2 Å². The number of benzene rings is 3. The molecule has 30 heavy (non-hydrogen) atoms. The van der Waals surface area contributed by atoms with Gasteiger partial charge in [0.2, 0.25) is 5.91 Å². The van der Waals surface area contributed by atoms with Crippen LogP contribution in [0.2, 0.25) is 0 Å². The molecule has 2 amide bonds. The van der Waals surface area contributed by atoms with E-state index in [0.29, 0.717) is 28.1 Å². The number of carbonyl (C=O) groups is 2. The molecule has 0 spiro atoms. The molecule has 0 bridgehead atoms. The number of anilines is 1. The van der Waals surface area contributed by atoms with E-state index in [4.69, 9.17) is 4.74 Å². The van der Waals surface area contributed by atoms with Gasteiger partial charge in [-0.3, -0.25) is 9.59 Å². The molecule has 0 fully saturated rings. The zero-order valence-corrected chi connectivity index (χ0v) is 16.1. The SMILES string of the molecule is COc1cccc(C(=O)N2CC(=O)Nc3ccc(F)cc3[C@@H]2c2ccc(F)cc2)c1. The van der Waals surface area contributed by atoms with Gasteiger partial charge in [0.05, 0.1) is 13.2 Å². The lowest BCUT2D eigenvalue weighted by atomic mass is 9.95. The standard InChI is InChI=1S/C23H18F2N2O3/c1-30-18-4-2-3-15(11-18)23(29)27-13-21(28)26-20-10-9-17(25)12-19(20)22(27)14-5-7-16(24)8-6-14/h2-12,22H,13H2,1H3,(H,26,28)/t22-/m0/s1. The number of halogens is 2. The largest absolute Gasteiger partial charge is 0.497 e. The Labute approximate surface area is 171 Å². The highest BCUT2D eigenvalue weighted by molar-refractivity contribution is 6.01. The summed E-state index contributed by atoms with van der Waals surface area (Å²) in [5.41, 5.74) is 1.67. The summed E-state index contributed by atoms with van der Waals surface area (Å²) in [6, 6.07) is 15.3. The third-order valence-corrected chi connectivity index (χ3v) is 4.97. The van der Waals surface area contributed by atoms with Crippen LogP contribution in [0.4, 0.5) is 14.5 Å². The Morgan fingerprint density at radius 2 is 1.77 bits per heavy atom. The van der Waals surface area contributed by atoms with Crippen molar-refractivity contribution in [3.63, 3.8) is 0 Å². The minimum atomic E-state index is -0.797. The van der Waals surface area contributed by atoms with E-state index in [1.807, 2.05) is 0 Å². The number of carbonyl (C=O) groups excluding carboxylic acids is 2. The highest BCUT2D eigenvalue weighted by Crippen LogP contribution is 2.37. The Hall–Kier alpha value is -3.74. The molecule has 1 aliphatic rings. The number of hydrogen-bond acceptors (Lipinski definition) is 3. The smallest absolute Gasteiger partial charge is 0.255 e. The van der Waals surface area contributed by atoms with Crippen molar-refractivity contribution in [2.24, 2.45) is 0 Å². The highest BCUT2D eigenvalue weighted by atomic mass is 19.1. The molecule has 7 heteroatoms. The maximum absolute atomic E-state index is 14.1. The maximum atomic E-state index is 14.1. The van der Waals surface area contributed by atoms with E-state index in [2.05, 4.69) is 5.32 Å². The fourth-order valence-corrected chi connectivity index (χ4v) is 3.59. The number of methoxy groups -OCH3 is 1. The summed E-state index contributed by atoms with van der Waals surface area (Å²) in [6.07, 6.45) is 0. The van der Waals surface area contributed by atoms with Crippen LogP contribution in [-0.2, 0) is 4.79 Å². The first-order chi connectivity index (χ1) is 14.5. The van der Waals surface area contributed by atoms with Crippen LogP contribution in [0.5, 0.6) is 5.75 Å². The van der Waals surface area contributed by atoms with Crippen molar-refractivity contribution in [2.75, 3.05) is 19.0 Å². The Bertz CT molecular complexity index is 1120. The number of amides is 2. The molecule has 0 saturated heterocycles. The summed E-state index contributed by atoms with van der Waals surface area (Å²) >= 11 is 0. The van der Waals surface area contributed by atoms with Crippen molar-refractivity contribution in [1.29, 1.82) is 0 Å². The number of hydrogen-bond donors (Lipinski definition) is 1. The van der Waals surface area contributed by atoms with Crippen molar-refractivity contribution in [1.82, 2.24) is 4.90 Å². The predicted molar refractivity (Wildman–Crippen MR) is 107 cm³/mol. The van der Waals surface area contributed by atoms with E-state index in [1.54, 1.807) is 24.3 Å². The molecule has 3 aromatic rings. The van der Waals surface area contributed by atoms with Gasteiger partial charge in [-0.05, 0) is 54.1 Å². The van der Waals surface area contributed by atoms with E-state index in [9.17, 15) is 18.4 Å². The van der Waals surface area contributed by atoms with Gasteiger partial charge in [-0.15, -0.1) is 0 Å². The molecule has 1 N–H and O–H groups in total. The molecule has 0 aromatic heterocycles. The number of nitrogens with zero attached hydrogens (tertiary/aromatic N) is 1. The van der Waals surface area contributed by atoms with Gasteiger partial charge < -0.3 is 15.0 Å². The fraction of sp³-hybridized carbons (Fsp3) is 0.130. The lowest BCUT2D eigenvalue weighted by molar-refractivity contribution is -0.117. The van der Waals surface area contributed by atoms with Crippen molar-refractivity contribution < 1.29 is 23.1 Å². The van der Waals surface area contributed by atoms with Crippen LogP contribution in [0.25, 0.3) is 0 Å². The van der Waals surface area contributed by atoms with Crippen LogP contribution in [0, 0.1) is 11.6 Å². The van der Waals surface area contributed by atoms with Gasteiger partial charge in [-0.25, -0.2) is 8.78 Å². The third kappa shape index (κ3) is 3.74. The van der Waals surface area contributed by atoms with Crippen molar-refractivity contribution in [2.45, 2.75) is 6.04 Å². The summed E-state index contributed by atoms with van der Waals surface area (Å²) < 4.78 is 32.9. The van der Waals surface area contributed by atoms with Crippen LogP contribution >= 0.6 is 0 Å². The molecular weight excluding hydrogens is 390 g/mol. The Kier molecular flexibility index (Phi) is 5.18. The predicted octanol–water partition coefficient (Wildman–Crippen LogP) is 4.16. The molecule has 5 nitrogen and oxygen atoms in total. The molecule has 4 rings (SSSR count). The van der Waals surface area contributed by atoms with E-state index in [1.165, 1.54) is 54.5 Å². The molecular formula is C23H18F2N2O3. The van der Waals surface area contributed by atoms with Crippen LogP contribution in [0.15, 0.2) is 66.7 Å².